The number of aromatic nitrogens is 2. The minimum atomic E-state index is -0.151. The summed E-state index contributed by atoms with van der Waals surface area (Å²) in [5, 5.41) is 10.8. The van der Waals surface area contributed by atoms with Crippen molar-refractivity contribution in [2.75, 3.05) is 7.11 Å². The summed E-state index contributed by atoms with van der Waals surface area (Å²) in [7, 11) is 1.66. The Morgan fingerprint density at radius 2 is 1.84 bits per heavy atom. The fourth-order valence-electron chi connectivity index (χ4n) is 4.18. The van der Waals surface area contributed by atoms with Gasteiger partial charge in [0, 0.05) is 29.8 Å². The third kappa shape index (κ3) is 4.63. The van der Waals surface area contributed by atoms with Crippen molar-refractivity contribution in [2.24, 2.45) is 0 Å². The minimum absolute atomic E-state index is 0.00362. The highest BCUT2D eigenvalue weighted by Crippen LogP contribution is 2.34. The van der Waals surface area contributed by atoms with Gasteiger partial charge < -0.3 is 15.4 Å². The summed E-state index contributed by atoms with van der Waals surface area (Å²) in [6.07, 6.45) is 5.09. The number of nitrogens with zero attached hydrogens (tertiary/aromatic N) is 2. The van der Waals surface area contributed by atoms with Crippen LogP contribution >= 0.6 is 0 Å². The Labute approximate surface area is 182 Å². The maximum Gasteiger partial charge on any atom is 0.315 e. The number of methoxy groups -OCH3 is 1. The van der Waals surface area contributed by atoms with E-state index >= 15 is 0 Å². The van der Waals surface area contributed by atoms with Crippen molar-refractivity contribution >= 4 is 6.03 Å². The van der Waals surface area contributed by atoms with Crippen LogP contribution in [0.3, 0.4) is 0 Å². The van der Waals surface area contributed by atoms with Crippen molar-refractivity contribution in [1.82, 2.24) is 20.4 Å². The van der Waals surface area contributed by atoms with Crippen LogP contribution in [0.4, 0.5) is 4.79 Å². The van der Waals surface area contributed by atoms with Gasteiger partial charge >= 0.3 is 6.03 Å². The van der Waals surface area contributed by atoms with Gasteiger partial charge in [-0.15, -0.1) is 0 Å². The molecular weight excluding hydrogens is 388 g/mol. The normalized spacial score (nSPS) is 17.5. The average molecular weight is 417 g/mol. The third-order valence-electron chi connectivity index (χ3n) is 5.73. The lowest BCUT2D eigenvalue weighted by Gasteiger charge is -2.15. The maximum absolute atomic E-state index is 12.3. The monoisotopic (exact) mass is 416 g/mol. The minimum Gasteiger partial charge on any atom is -0.497 e. The van der Waals surface area contributed by atoms with E-state index < -0.39 is 0 Å². The maximum atomic E-state index is 12.3. The molecule has 0 bridgehead atoms. The number of rotatable bonds is 6. The van der Waals surface area contributed by atoms with Crippen molar-refractivity contribution in [3.63, 3.8) is 0 Å². The van der Waals surface area contributed by atoms with Gasteiger partial charge in [-0.1, -0.05) is 42.5 Å². The number of nitrogens with one attached hydrogen (secondary N) is 2. The first kappa shape index (κ1) is 20.7. The molecule has 1 aliphatic carbocycles. The first-order valence-corrected chi connectivity index (χ1v) is 10.5. The molecule has 160 valence electrons. The summed E-state index contributed by atoms with van der Waals surface area (Å²) in [6.45, 7) is 4.66. The largest absolute Gasteiger partial charge is 0.497 e. The highest BCUT2D eigenvalue weighted by molar-refractivity contribution is 5.74. The molecule has 0 saturated heterocycles. The highest BCUT2D eigenvalue weighted by atomic mass is 16.5. The van der Waals surface area contributed by atoms with Gasteiger partial charge in [0.2, 0.25) is 0 Å². The summed E-state index contributed by atoms with van der Waals surface area (Å²) in [6, 6.07) is 17.6. The number of hydrogen-bond donors (Lipinski definition) is 2. The fourth-order valence-corrected chi connectivity index (χ4v) is 4.18. The molecule has 2 N–H and O–H groups in total. The quantitative estimate of drug-likeness (QED) is 0.585. The summed E-state index contributed by atoms with van der Waals surface area (Å²) in [5.74, 6) is 1.05. The SMILES string of the molecule is COc1ccc(-n2nc(C)c(C3C=CC(NC(=O)NCc4ccccc4)C3)c2C)cc1. The molecule has 0 radical (unpaired) electrons. The number of hydrogen-bond acceptors (Lipinski definition) is 3. The molecule has 2 aromatic carbocycles. The van der Waals surface area contributed by atoms with E-state index in [0.717, 1.165) is 34.8 Å². The van der Waals surface area contributed by atoms with E-state index in [0.29, 0.717) is 6.54 Å². The number of allylic oxidation sites excluding steroid dienone is 1. The zero-order valence-electron chi connectivity index (χ0n) is 18.1. The highest BCUT2D eigenvalue weighted by Gasteiger charge is 2.27. The Balaban J connectivity index is 1.39. The van der Waals surface area contributed by atoms with E-state index in [1.165, 1.54) is 5.56 Å². The number of ether oxygens (including phenoxy) is 1. The van der Waals surface area contributed by atoms with Gasteiger partial charge in [-0.05, 0) is 50.1 Å². The molecule has 0 saturated carbocycles. The zero-order valence-corrected chi connectivity index (χ0v) is 18.1. The zero-order chi connectivity index (χ0) is 21.8. The van der Waals surface area contributed by atoms with E-state index in [-0.39, 0.29) is 18.0 Å². The average Bonchev–Trinajstić information content (AvgIpc) is 3.36. The van der Waals surface area contributed by atoms with E-state index in [4.69, 9.17) is 9.84 Å². The van der Waals surface area contributed by atoms with E-state index in [2.05, 4.69) is 29.7 Å². The number of carbonyl (C=O) groups excluding carboxylic acids is 1. The van der Waals surface area contributed by atoms with E-state index in [1.807, 2.05) is 66.2 Å². The first-order chi connectivity index (χ1) is 15.0. The van der Waals surface area contributed by atoms with Gasteiger partial charge in [0.05, 0.1) is 18.5 Å². The molecule has 2 unspecified atom stereocenters. The molecule has 2 amide bonds. The molecule has 2 atom stereocenters. The molecule has 6 nitrogen and oxygen atoms in total. The second-order valence-corrected chi connectivity index (χ2v) is 7.84. The van der Waals surface area contributed by atoms with Crippen molar-refractivity contribution in [1.29, 1.82) is 0 Å². The lowest BCUT2D eigenvalue weighted by molar-refractivity contribution is 0.238. The first-order valence-electron chi connectivity index (χ1n) is 10.5. The van der Waals surface area contributed by atoms with Gasteiger partial charge in [-0.3, -0.25) is 0 Å². The number of benzene rings is 2. The lowest BCUT2D eigenvalue weighted by atomic mass is 9.96. The summed E-state index contributed by atoms with van der Waals surface area (Å²) >= 11 is 0. The molecule has 3 aromatic rings. The number of aryl methyl sites for hydroxylation is 1. The van der Waals surface area contributed by atoms with Gasteiger partial charge in [0.25, 0.3) is 0 Å². The van der Waals surface area contributed by atoms with Gasteiger partial charge in [0.15, 0.2) is 0 Å². The van der Waals surface area contributed by atoms with Crippen LogP contribution in [-0.2, 0) is 6.54 Å². The van der Waals surface area contributed by atoms with Gasteiger partial charge in [-0.25, -0.2) is 9.48 Å². The summed E-state index contributed by atoms with van der Waals surface area (Å²) in [4.78, 5) is 12.3. The molecule has 4 rings (SSSR count). The Hall–Kier alpha value is -3.54. The van der Waals surface area contributed by atoms with Crippen LogP contribution in [0.1, 0.15) is 34.9 Å². The predicted molar refractivity (Wildman–Crippen MR) is 122 cm³/mol. The van der Waals surface area contributed by atoms with Crippen molar-refractivity contribution in [3.8, 4) is 11.4 Å². The van der Waals surface area contributed by atoms with Crippen LogP contribution in [0, 0.1) is 13.8 Å². The molecule has 1 aromatic heterocycles. The third-order valence-corrected chi connectivity index (χ3v) is 5.73. The number of amides is 2. The summed E-state index contributed by atoms with van der Waals surface area (Å²) < 4.78 is 7.23. The van der Waals surface area contributed by atoms with Crippen LogP contribution in [-0.4, -0.2) is 29.0 Å². The topological polar surface area (TPSA) is 68.2 Å². The van der Waals surface area contributed by atoms with Crippen molar-refractivity contribution in [2.45, 2.75) is 38.8 Å². The Bertz CT molecular complexity index is 1070. The molecule has 1 aliphatic rings. The van der Waals surface area contributed by atoms with E-state index in [1.54, 1.807) is 7.11 Å². The van der Waals surface area contributed by atoms with Crippen LogP contribution in [0.5, 0.6) is 5.75 Å². The van der Waals surface area contributed by atoms with Gasteiger partial charge in [0.1, 0.15) is 5.75 Å². The Kier molecular flexibility index (Phi) is 6.07. The molecule has 1 heterocycles. The fraction of sp³-hybridized carbons (Fsp3) is 0.280. The molecule has 31 heavy (non-hydrogen) atoms. The smallest absolute Gasteiger partial charge is 0.315 e. The van der Waals surface area contributed by atoms with E-state index in [9.17, 15) is 4.79 Å². The standard InChI is InChI=1S/C25H28N4O2/c1-17-24(18(2)29(28-17)22-11-13-23(31-3)14-12-22)20-9-10-21(15-20)27-25(30)26-16-19-7-5-4-6-8-19/h4-14,20-21H,15-16H2,1-3H3,(H2,26,27,30). The molecule has 0 fully saturated rings. The number of urea groups is 1. The van der Waals surface area contributed by atoms with Gasteiger partial charge in [-0.2, -0.15) is 5.10 Å². The van der Waals surface area contributed by atoms with Crippen LogP contribution < -0.4 is 15.4 Å². The predicted octanol–water partition coefficient (Wildman–Crippen LogP) is 4.41. The van der Waals surface area contributed by atoms with Crippen molar-refractivity contribution in [3.05, 3.63) is 89.3 Å². The van der Waals surface area contributed by atoms with Crippen LogP contribution in [0.2, 0.25) is 0 Å². The Morgan fingerprint density at radius 1 is 1.10 bits per heavy atom. The second-order valence-electron chi connectivity index (χ2n) is 7.84. The van der Waals surface area contributed by atoms with Crippen LogP contribution in [0.25, 0.3) is 5.69 Å². The lowest BCUT2D eigenvalue weighted by Crippen LogP contribution is -2.40. The summed E-state index contributed by atoms with van der Waals surface area (Å²) in [5.41, 5.74) is 5.43. The van der Waals surface area contributed by atoms with Crippen molar-refractivity contribution < 1.29 is 9.53 Å². The Morgan fingerprint density at radius 3 is 2.55 bits per heavy atom. The molecule has 0 aliphatic heterocycles. The van der Waals surface area contributed by atoms with Crippen LogP contribution in [0.15, 0.2) is 66.7 Å². The number of carbonyl (C=O) groups is 1. The molecule has 0 spiro atoms. The second kappa shape index (κ2) is 9.08. The molecular formula is C25H28N4O2. The molecule has 6 heteroatoms.